The van der Waals surface area contributed by atoms with Gasteiger partial charge in [0.05, 0.1) is 0 Å². The summed E-state index contributed by atoms with van der Waals surface area (Å²) in [5, 5.41) is 6.99. The Labute approximate surface area is 65.9 Å². The van der Waals surface area contributed by atoms with Crippen LogP contribution in [0.15, 0.2) is 18.7 Å². The SMILES string of the molecule is FC(F)c1nccn2cnnc12. The molecule has 4 nitrogen and oxygen atoms in total. The molecule has 0 aromatic carbocycles. The number of hydrogen-bond donors (Lipinski definition) is 0. The first kappa shape index (κ1) is 7.08. The molecule has 0 saturated carbocycles. The van der Waals surface area contributed by atoms with Gasteiger partial charge in [0.25, 0.3) is 6.43 Å². The minimum atomic E-state index is -2.61. The summed E-state index contributed by atoms with van der Waals surface area (Å²) in [7, 11) is 0. The standard InChI is InChI=1S/C6H4F2N4/c7-5(8)4-6-11-10-3-12(6)2-1-9-4/h1-3,5H. The second-order valence-electron chi connectivity index (χ2n) is 2.17. The highest BCUT2D eigenvalue weighted by Gasteiger charge is 2.14. The van der Waals surface area contributed by atoms with Crippen LogP contribution in [0.1, 0.15) is 12.1 Å². The normalized spacial score (nSPS) is 11.2. The van der Waals surface area contributed by atoms with E-state index in [4.69, 9.17) is 0 Å². The van der Waals surface area contributed by atoms with E-state index in [1.807, 2.05) is 0 Å². The van der Waals surface area contributed by atoms with Crippen molar-refractivity contribution in [2.75, 3.05) is 0 Å². The lowest BCUT2D eigenvalue weighted by Crippen LogP contribution is -1.95. The van der Waals surface area contributed by atoms with Crippen LogP contribution >= 0.6 is 0 Å². The van der Waals surface area contributed by atoms with E-state index in [2.05, 4.69) is 15.2 Å². The third kappa shape index (κ3) is 0.919. The molecule has 6 heteroatoms. The maximum Gasteiger partial charge on any atom is 0.284 e. The quantitative estimate of drug-likeness (QED) is 0.642. The Balaban J connectivity index is 2.73. The molecule has 2 aromatic heterocycles. The minimum absolute atomic E-state index is 0.104. The average Bonchev–Trinajstić information content (AvgIpc) is 2.49. The first-order chi connectivity index (χ1) is 5.79. The summed E-state index contributed by atoms with van der Waals surface area (Å²) < 4.78 is 25.9. The van der Waals surface area contributed by atoms with Gasteiger partial charge in [0.15, 0.2) is 11.3 Å². The molecule has 0 aliphatic carbocycles. The fraction of sp³-hybridized carbons (Fsp3) is 0.167. The second-order valence-corrected chi connectivity index (χ2v) is 2.17. The molecular formula is C6H4F2N4. The van der Waals surface area contributed by atoms with Gasteiger partial charge in [-0.25, -0.2) is 13.8 Å². The topological polar surface area (TPSA) is 43.1 Å². The number of hydrogen-bond acceptors (Lipinski definition) is 3. The highest BCUT2D eigenvalue weighted by atomic mass is 19.3. The number of fused-ring (bicyclic) bond motifs is 1. The van der Waals surface area contributed by atoms with Crippen molar-refractivity contribution in [1.82, 2.24) is 19.6 Å². The molecular weight excluding hydrogens is 166 g/mol. The smallest absolute Gasteiger partial charge is 0.284 e. The van der Waals surface area contributed by atoms with Crippen molar-refractivity contribution < 1.29 is 8.78 Å². The summed E-state index contributed by atoms with van der Waals surface area (Å²) in [5.74, 6) is 0. The first-order valence-corrected chi connectivity index (χ1v) is 3.21. The highest BCUT2D eigenvalue weighted by molar-refractivity contribution is 5.42. The van der Waals surface area contributed by atoms with Crippen molar-refractivity contribution in [1.29, 1.82) is 0 Å². The molecule has 2 heterocycles. The van der Waals surface area contributed by atoms with E-state index in [1.165, 1.54) is 23.1 Å². The first-order valence-electron chi connectivity index (χ1n) is 3.21. The molecule has 0 fully saturated rings. The van der Waals surface area contributed by atoms with Crippen LogP contribution in [0, 0.1) is 0 Å². The van der Waals surface area contributed by atoms with Crippen LogP contribution in [-0.4, -0.2) is 19.6 Å². The summed E-state index contributed by atoms with van der Waals surface area (Å²) >= 11 is 0. The van der Waals surface area contributed by atoms with Crippen molar-refractivity contribution in [3.05, 3.63) is 24.4 Å². The van der Waals surface area contributed by atoms with Gasteiger partial charge in [0, 0.05) is 12.4 Å². The van der Waals surface area contributed by atoms with Gasteiger partial charge >= 0.3 is 0 Å². The molecule has 0 N–H and O–H groups in total. The van der Waals surface area contributed by atoms with Gasteiger partial charge in [-0.2, -0.15) is 0 Å². The molecule has 62 valence electrons. The number of nitrogens with zero attached hydrogens (tertiary/aromatic N) is 4. The molecule has 0 radical (unpaired) electrons. The molecule has 12 heavy (non-hydrogen) atoms. The molecule has 0 aliphatic heterocycles. The van der Waals surface area contributed by atoms with Gasteiger partial charge in [-0.3, -0.25) is 4.40 Å². The molecule has 0 atom stereocenters. The molecule has 0 spiro atoms. The van der Waals surface area contributed by atoms with Crippen LogP contribution in [0.25, 0.3) is 5.65 Å². The summed E-state index contributed by atoms with van der Waals surface area (Å²) in [6.07, 6.45) is 1.54. The molecule has 2 aromatic rings. The summed E-state index contributed by atoms with van der Waals surface area (Å²) in [4.78, 5) is 3.51. The van der Waals surface area contributed by atoms with Crippen LogP contribution in [0.3, 0.4) is 0 Å². The van der Waals surface area contributed by atoms with Gasteiger partial charge in [0.1, 0.15) is 6.33 Å². The Morgan fingerprint density at radius 1 is 1.42 bits per heavy atom. The fourth-order valence-corrected chi connectivity index (χ4v) is 0.932. The summed E-state index contributed by atoms with van der Waals surface area (Å²) in [6, 6.07) is 0. The van der Waals surface area contributed by atoms with Crippen LogP contribution in [-0.2, 0) is 0 Å². The van der Waals surface area contributed by atoms with Crippen LogP contribution in [0.5, 0.6) is 0 Å². The van der Waals surface area contributed by atoms with Crippen molar-refractivity contribution in [2.24, 2.45) is 0 Å². The Hall–Kier alpha value is -1.59. The fourth-order valence-electron chi connectivity index (χ4n) is 0.932. The number of halogens is 2. The molecule has 0 aliphatic rings. The molecule has 0 amide bonds. The van der Waals surface area contributed by atoms with Crippen LogP contribution in [0.4, 0.5) is 8.78 Å². The van der Waals surface area contributed by atoms with Gasteiger partial charge < -0.3 is 0 Å². The Kier molecular flexibility index (Phi) is 1.46. The van der Waals surface area contributed by atoms with Crippen molar-refractivity contribution >= 4 is 5.65 Å². The third-order valence-electron chi connectivity index (χ3n) is 1.45. The number of alkyl halides is 2. The summed E-state index contributed by atoms with van der Waals surface area (Å²) in [5.41, 5.74) is -0.234. The second kappa shape index (κ2) is 2.47. The van der Waals surface area contributed by atoms with Gasteiger partial charge in [-0.15, -0.1) is 10.2 Å². The van der Waals surface area contributed by atoms with Gasteiger partial charge in [-0.05, 0) is 0 Å². The predicted octanol–water partition coefficient (Wildman–Crippen LogP) is 1.06. The Morgan fingerprint density at radius 2 is 2.25 bits per heavy atom. The number of rotatable bonds is 1. The molecule has 0 unspecified atom stereocenters. The van der Waals surface area contributed by atoms with E-state index in [9.17, 15) is 8.78 Å². The largest absolute Gasteiger partial charge is 0.286 e. The Bertz CT molecular complexity index is 397. The maximum absolute atomic E-state index is 12.2. The summed E-state index contributed by atoms with van der Waals surface area (Å²) in [6.45, 7) is 0. The molecule has 0 bridgehead atoms. The van der Waals surface area contributed by atoms with E-state index in [-0.39, 0.29) is 11.3 Å². The van der Waals surface area contributed by atoms with E-state index in [0.29, 0.717) is 0 Å². The van der Waals surface area contributed by atoms with Gasteiger partial charge in [-0.1, -0.05) is 0 Å². The van der Waals surface area contributed by atoms with Crippen LogP contribution < -0.4 is 0 Å². The predicted molar refractivity (Wildman–Crippen MR) is 35.7 cm³/mol. The lowest BCUT2D eigenvalue weighted by molar-refractivity contribution is 0.147. The molecule has 0 saturated heterocycles. The minimum Gasteiger partial charge on any atom is -0.286 e. The number of aromatic nitrogens is 4. The third-order valence-corrected chi connectivity index (χ3v) is 1.45. The molecule has 2 rings (SSSR count). The average molecular weight is 170 g/mol. The van der Waals surface area contributed by atoms with Gasteiger partial charge in [0.2, 0.25) is 0 Å². The monoisotopic (exact) mass is 170 g/mol. The van der Waals surface area contributed by atoms with E-state index < -0.39 is 6.43 Å². The van der Waals surface area contributed by atoms with E-state index in [0.717, 1.165) is 0 Å². The van der Waals surface area contributed by atoms with E-state index in [1.54, 1.807) is 0 Å². The van der Waals surface area contributed by atoms with Crippen molar-refractivity contribution in [3.8, 4) is 0 Å². The zero-order valence-electron chi connectivity index (χ0n) is 5.85. The highest BCUT2D eigenvalue weighted by Crippen LogP contribution is 2.18. The zero-order chi connectivity index (χ0) is 8.55. The lowest BCUT2D eigenvalue weighted by Gasteiger charge is -1.98. The van der Waals surface area contributed by atoms with Crippen molar-refractivity contribution in [2.45, 2.75) is 6.43 Å². The zero-order valence-corrected chi connectivity index (χ0v) is 5.85. The van der Waals surface area contributed by atoms with Crippen molar-refractivity contribution in [3.63, 3.8) is 0 Å². The van der Waals surface area contributed by atoms with Crippen LogP contribution in [0.2, 0.25) is 0 Å². The Morgan fingerprint density at radius 3 is 3.00 bits per heavy atom. The van der Waals surface area contributed by atoms with E-state index >= 15 is 0 Å². The lowest BCUT2D eigenvalue weighted by atomic mass is 10.4. The maximum atomic E-state index is 12.2.